The first-order valence-corrected chi connectivity index (χ1v) is 11.0. The van der Waals surface area contributed by atoms with E-state index in [2.05, 4.69) is 46.7 Å². The highest BCUT2D eigenvalue weighted by Gasteiger charge is 2.20. The van der Waals surface area contributed by atoms with Gasteiger partial charge in [0.2, 0.25) is 5.88 Å². The van der Waals surface area contributed by atoms with Gasteiger partial charge in [0.05, 0.1) is 11.9 Å². The standard InChI is InChI=1S/C27H27N5O2/c1-27(2,3)21-12-7-8-14-23(21)34-25-22(13-9-17-28-25)32-26(33)31-20-15-16-24(29-18-20)30-19-10-5-4-6-11-19/h4-18H,1-3H3,(H,29,30)(H2,31,32,33). The molecule has 2 aromatic heterocycles. The Balaban J connectivity index is 1.43. The molecule has 0 unspecified atom stereocenters. The molecule has 0 bridgehead atoms. The molecule has 0 aliphatic carbocycles. The average Bonchev–Trinajstić information content (AvgIpc) is 2.82. The van der Waals surface area contributed by atoms with E-state index in [4.69, 9.17) is 4.74 Å². The van der Waals surface area contributed by atoms with Crippen molar-refractivity contribution in [2.75, 3.05) is 16.0 Å². The highest BCUT2D eigenvalue weighted by atomic mass is 16.5. The summed E-state index contributed by atoms with van der Waals surface area (Å²) in [6, 6.07) is 24.2. The van der Waals surface area contributed by atoms with E-state index >= 15 is 0 Å². The van der Waals surface area contributed by atoms with Crippen LogP contribution in [-0.4, -0.2) is 16.0 Å². The van der Waals surface area contributed by atoms with E-state index in [-0.39, 0.29) is 5.41 Å². The summed E-state index contributed by atoms with van der Waals surface area (Å²) < 4.78 is 6.12. The van der Waals surface area contributed by atoms with Gasteiger partial charge in [-0.05, 0) is 47.9 Å². The fourth-order valence-electron chi connectivity index (χ4n) is 3.34. The predicted octanol–water partition coefficient (Wildman–Crippen LogP) is 6.95. The third-order valence-corrected chi connectivity index (χ3v) is 4.99. The van der Waals surface area contributed by atoms with Crippen LogP contribution >= 0.6 is 0 Å². The van der Waals surface area contributed by atoms with E-state index in [1.807, 2.05) is 54.6 Å². The third-order valence-electron chi connectivity index (χ3n) is 4.99. The lowest BCUT2D eigenvalue weighted by molar-refractivity contribution is 0.262. The second kappa shape index (κ2) is 10.0. The highest BCUT2D eigenvalue weighted by molar-refractivity contribution is 6.00. The summed E-state index contributed by atoms with van der Waals surface area (Å²) in [4.78, 5) is 21.3. The largest absolute Gasteiger partial charge is 0.437 e. The minimum absolute atomic E-state index is 0.106. The number of urea groups is 1. The van der Waals surface area contributed by atoms with Crippen molar-refractivity contribution in [3.8, 4) is 11.6 Å². The number of carbonyl (C=O) groups excluding carboxylic acids is 1. The molecular formula is C27H27N5O2. The monoisotopic (exact) mass is 453 g/mol. The number of ether oxygens (including phenoxy) is 1. The van der Waals surface area contributed by atoms with Crippen LogP contribution in [0.3, 0.4) is 0 Å². The summed E-state index contributed by atoms with van der Waals surface area (Å²) in [5, 5.41) is 8.80. The Morgan fingerprint density at radius 1 is 0.794 bits per heavy atom. The average molecular weight is 454 g/mol. The molecule has 7 heteroatoms. The molecular weight excluding hydrogens is 426 g/mol. The van der Waals surface area contributed by atoms with Gasteiger partial charge < -0.3 is 20.7 Å². The van der Waals surface area contributed by atoms with Crippen molar-refractivity contribution in [2.45, 2.75) is 26.2 Å². The van der Waals surface area contributed by atoms with Crippen molar-refractivity contribution in [3.05, 3.63) is 96.8 Å². The van der Waals surface area contributed by atoms with Crippen molar-refractivity contribution in [1.29, 1.82) is 0 Å². The quantitative estimate of drug-likeness (QED) is 0.294. The molecule has 2 aromatic carbocycles. The number of pyridine rings is 2. The lowest BCUT2D eigenvalue weighted by Gasteiger charge is -2.22. The molecule has 0 radical (unpaired) electrons. The van der Waals surface area contributed by atoms with Gasteiger partial charge in [-0.1, -0.05) is 57.2 Å². The molecule has 0 fully saturated rings. The van der Waals surface area contributed by atoms with E-state index in [1.165, 1.54) is 0 Å². The first kappa shape index (κ1) is 22.8. The fourth-order valence-corrected chi connectivity index (χ4v) is 3.34. The van der Waals surface area contributed by atoms with Crippen LogP contribution in [0.1, 0.15) is 26.3 Å². The normalized spacial score (nSPS) is 10.9. The summed E-state index contributed by atoms with van der Waals surface area (Å²) in [6.45, 7) is 6.36. The molecule has 2 heterocycles. The number of carbonyl (C=O) groups is 1. The zero-order chi connectivity index (χ0) is 24.0. The van der Waals surface area contributed by atoms with Gasteiger partial charge in [0.1, 0.15) is 17.3 Å². The number of para-hydroxylation sites is 2. The van der Waals surface area contributed by atoms with Gasteiger partial charge in [-0.3, -0.25) is 0 Å². The maximum absolute atomic E-state index is 12.6. The van der Waals surface area contributed by atoms with Crippen molar-refractivity contribution in [1.82, 2.24) is 9.97 Å². The lowest BCUT2D eigenvalue weighted by Crippen LogP contribution is -2.20. The van der Waals surface area contributed by atoms with Crippen LogP contribution in [0.2, 0.25) is 0 Å². The summed E-state index contributed by atoms with van der Waals surface area (Å²) in [5.41, 5.74) is 2.89. The van der Waals surface area contributed by atoms with Crippen LogP contribution in [0.5, 0.6) is 11.6 Å². The van der Waals surface area contributed by atoms with Gasteiger partial charge in [-0.2, -0.15) is 0 Å². The van der Waals surface area contributed by atoms with Crippen LogP contribution in [0.15, 0.2) is 91.3 Å². The molecule has 4 rings (SSSR count). The SMILES string of the molecule is CC(C)(C)c1ccccc1Oc1ncccc1NC(=O)Nc1ccc(Nc2ccccc2)nc1. The maximum Gasteiger partial charge on any atom is 0.323 e. The molecule has 0 aliphatic heterocycles. The molecule has 0 saturated carbocycles. The Bertz CT molecular complexity index is 1250. The van der Waals surface area contributed by atoms with Crippen LogP contribution in [-0.2, 0) is 5.41 Å². The predicted molar refractivity (Wildman–Crippen MR) is 136 cm³/mol. The third kappa shape index (κ3) is 5.89. The highest BCUT2D eigenvalue weighted by Crippen LogP contribution is 2.35. The number of hydrogen-bond donors (Lipinski definition) is 3. The first-order chi connectivity index (χ1) is 16.4. The Kier molecular flexibility index (Phi) is 6.73. The Hall–Kier alpha value is -4.39. The Morgan fingerprint density at radius 2 is 1.56 bits per heavy atom. The zero-order valence-corrected chi connectivity index (χ0v) is 19.4. The van der Waals surface area contributed by atoms with E-state index in [1.54, 1.807) is 36.7 Å². The van der Waals surface area contributed by atoms with E-state index < -0.39 is 6.03 Å². The smallest absolute Gasteiger partial charge is 0.323 e. The summed E-state index contributed by atoms with van der Waals surface area (Å²) in [5.74, 6) is 1.69. The van der Waals surface area contributed by atoms with Crippen LogP contribution in [0.4, 0.5) is 27.7 Å². The second-order valence-corrected chi connectivity index (χ2v) is 8.71. The lowest BCUT2D eigenvalue weighted by atomic mass is 9.86. The van der Waals surface area contributed by atoms with Gasteiger partial charge in [0.15, 0.2) is 0 Å². The van der Waals surface area contributed by atoms with Crippen LogP contribution in [0, 0.1) is 0 Å². The molecule has 7 nitrogen and oxygen atoms in total. The number of nitrogens with zero attached hydrogens (tertiary/aromatic N) is 2. The van der Waals surface area contributed by atoms with Crippen molar-refractivity contribution < 1.29 is 9.53 Å². The van der Waals surface area contributed by atoms with Gasteiger partial charge in [0, 0.05) is 17.4 Å². The van der Waals surface area contributed by atoms with Crippen LogP contribution < -0.4 is 20.7 Å². The Morgan fingerprint density at radius 3 is 2.29 bits per heavy atom. The molecule has 3 N–H and O–H groups in total. The van der Waals surface area contributed by atoms with E-state index in [0.717, 1.165) is 11.3 Å². The minimum Gasteiger partial charge on any atom is -0.437 e. The van der Waals surface area contributed by atoms with Crippen molar-refractivity contribution in [3.63, 3.8) is 0 Å². The molecule has 0 aliphatic rings. The number of amides is 2. The number of nitrogens with one attached hydrogen (secondary N) is 3. The molecule has 0 saturated heterocycles. The fraction of sp³-hybridized carbons (Fsp3) is 0.148. The van der Waals surface area contributed by atoms with Crippen molar-refractivity contribution >= 4 is 28.9 Å². The first-order valence-electron chi connectivity index (χ1n) is 11.0. The summed E-state index contributed by atoms with van der Waals surface area (Å²) >= 11 is 0. The molecule has 0 atom stereocenters. The summed E-state index contributed by atoms with van der Waals surface area (Å²) in [7, 11) is 0. The van der Waals surface area contributed by atoms with E-state index in [0.29, 0.717) is 28.8 Å². The number of anilines is 4. The zero-order valence-electron chi connectivity index (χ0n) is 19.4. The van der Waals surface area contributed by atoms with Crippen molar-refractivity contribution in [2.24, 2.45) is 0 Å². The molecule has 34 heavy (non-hydrogen) atoms. The topological polar surface area (TPSA) is 88.2 Å². The number of aromatic nitrogens is 2. The van der Waals surface area contributed by atoms with Gasteiger partial charge in [0.25, 0.3) is 0 Å². The molecule has 172 valence electrons. The summed E-state index contributed by atoms with van der Waals surface area (Å²) in [6.07, 6.45) is 3.21. The second-order valence-electron chi connectivity index (χ2n) is 8.71. The minimum atomic E-state index is -0.424. The maximum atomic E-state index is 12.6. The number of rotatable bonds is 6. The number of hydrogen-bond acceptors (Lipinski definition) is 5. The van der Waals surface area contributed by atoms with Crippen LogP contribution in [0.25, 0.3) is 0 Å². The number of benzene rings is 2. The van der Waals surface area contributed by atoms with Gasteiger partial charge in [-0.25, -0.2) is 14.8 Å². The molecule has 2 amide bonds. The Labute approximate surface area is 199 Å². The van der Waals surface area contributed by atoms with Gasteiger partial charge >= 0.3 is 6.03 Å². The molecule has 0 spiro atoms. The molecule has 4 aromatic rings. The van der Waals surface area contributed by atoms with Gasteiger partial charge in [-0.15, -0.1) is 0 Å². The van der Waals surface area contributed by atoms with E-state index in [9.17, 15) is 4.79 Å².